The number of halogens is 1. The van der Waals surface area contributed by atoms with Gasteiger partial charge >= 0.3 is 0 Å². The summed E-state index contributed by atoms with van der Waals surface area (Å²) < 4.78 is 2.78. The van der Waals surface area contributed by atoms with Crippen molar-refractivity contribution >= 4 is 17.4 Å². The number of pyridine rings is 1. The molecule has 0 fully saturated rings. The number of anilines is 1. The third-order valence-electron chi connectivity index (χ3n) is 4.58. The molecule has 0 aliphatic carbocycles. The molecule has 0 saturated heterocycles. The molecular weight excluding hydrogens is 390 g/mol. The van der Waals surface area contributed by atoms with Gasteiger partial charge in [-0.15, -0.1) is 0 Å². The zero-order chi connectivity index (χ0) is 20.6. The van der Waals surface area contributed by atoms with Gasteiger partial charge in [0.2, 0.25) is 11.9 Å². The number of aryl methyl sites for hydroxylation is 1. The summed E-state index contributed by atoms with van der Waals surface area (Å²) in [6.07, 6.45) is 3.83. The van der Waals surface area contributed by atoms with E-state index in [1.54, 1.807) is 23.0 Å². The largest absolute Gasteiger partial charge is 0.365 e. The zero-order valence-electron chi connectivity index (χ0n) is 16.3. The first-order valence-corrected chi connectivity index (χ1v) is 9.86. The van der Waals surface area contributed by atoms with Crippen molar-refractivity contribution < 1.29 is 9.94 Å². The topological polar surface area (TPSA) is 83.1 Å². The van der Waals surface area contributed by atoms with Crippen LogP contribution in [0.2, 0.25) is 5.02 Å². The zero-order valence-corrected chi connectivity index (χ0v) is 17.1. The quantitative estimate of drug-likeness (QED) is 0.284. The smallest absolute Gasteiger partial charge is 0.293 e. The average molecular weight is 415 g/mol. The van der Waals surface area contributed by atoms with Crippen LogP contribution < -0.4 is 20.9 Å². The highest BCUT2D eigenvalue weighted by Crippen LogP contribution is 2.10. The Kier molecular flexibility index (Phi) is 7.21. The summed E-state index contributed by atoms with van der Waals surface area (Å²) in [5, 5.41) is 16.9. The summed E-state index contributed by atoms with van der Waals surface area (Å²) in [5.74, 6) is 0.311. The van der Waals surface area contributed by atoms with Gasteiger partial charge in [-0.1, -0.05) is 23.7 Å². The molecule has 2 heterocycles. The highest BCUT2D eigenvalue weighted by Gasteiger charge is 2.10. The monoisotopic (exact) mass is 414 g/mol. The number of rotatable bonds is 9. The summed E-state index contributed by atoms with van der Waals surface area (Å²) in [5.41, 5.74) is 2.50. The maximum Gasteiger partial charge on any atom is 0.293 e. The minimum Gasteiger partial charge on any atom is -0.365 e. The molecular formula is C21H25ClN5O2+. The van der Waals surface area contributed by atoms with E-state index in [1.807, 2.05) is 43.3 Å². The standard InChI is InChI=1S/C21H25ClN5O2/c1-16-14-25-20(24-9-8-19-7-2-3-11-27(19)29)21(28)26(16)12-10-23-15-17-5-4-6-18(22)13-17/h2-7,11,13-14,23,29H,8-10,12,15H2,1H3,(H,24,25)/q+1. The Hall–Kier alpha value is -2.90. The highest BCUT2D eigenvalue weighted by atomic mass is 35.5. The molecule has 0 radical (unpaired) electrons. The van der Waals surface area contributed by atoms with Crippen LogP contribution in [0.1, 0.15) is 17.0 Å². The maximum absolute atomic E-state index is 12.7. The molecule has 0 saturated carbocycles. The number of hydrogen-bond donors (Lipinski definition) is 3. The molecule has 0 amide bonds. The van der Waals surface area contributed by atoms with Crippen LogP contribution in [-0.2, 0) is 19.5 Å². The van der Waals surface area contributed by atoms with Gasteiger partial charge in [0.05, 0.1) is 6.42 Å². The second-order valence-electron chi connectivity index (χ2n) is 6.72. The molecule has 3 N–H and O–H groups in total. The summed E-state index contributed by atoms with van der Waals surface area (Å²) in [4.78, 5) is 17.0. The van der Waals surface area contributed by atoms with Gasteiger partial charge in [0, 0.05) is 60.0 Å². The number of nitrogens with zero attached hydrogens (tertiary/aromatic N) is 3. The van der Waals surface area contributed by atoms with E-state index in [9.17, 15) is 10.0 Å². The van der Waals surface area contributed by atoms with Crippen LogP contribution in [0.4, 0.5) is 5.82 Å². The van der Waals surface area contributed by atoms with Gasteiger partial charge in [0.15, 0.2) is 5.82 Å². The lowest BCUT2D eigenvalue weighted by atomic mass is 10.2. The van der Waals surface area contributed by atoms with Crippen LogP contribution in [0.3, 0.4) is 0 Å². The van der Waals surface area contributed by atoms with E-state index in [0.29, 0.717) is 43.4 Å². The molecule has 0 bridgehead atoms. The Balaban J connectivity index is 1.55. The molecule has 0 unspecified atom stereocenters. The normalized spacial score (nSPS) is 10.8. The summed E-state index contributed by atoms with van der Waals surface area (Å²) in [7, 11) is 0. The summed E-state index contributed by atoms with van der Waals surface area (Å²) in [6.45, 7) is 4.22. The van der Waals surface area contributed by atoms with Crippen LogP contribution in [0.15, 0.2) is 59.7 Å². The minimum absolute atomic E-state index is 0.153. The summed E-state index contributed by atoms with van der Waals surface area (Å²) in [6, 6.07) is 13.1. The maximum atomic E-state index is 12.7. The third-order valence-corrected chi connectivity index (χ3v) is 4.81. The van der Waals surface area contributed by atoms with Gasteiger partial charge in [0.25, 0.3) is 5.56 Å². The minimum atomic E-state index is -0.153. The Morgan fingerprint density at radius 3 is 2.86 bits per heavy atom. The second kappa shape index (κ2) is 10.0. The third kappa shape index (κ3) is 5.79. The predicted octanol–water partition coefficient (Wildman–Crippen LogP) is 2.17. The van der Waals surface area contributed by atoms with E-state index in [-0.39, 0.29) is 5.56 Å². The van der Waals surface area contributed by atoms with Gasteiger partial charge in [0.1, 0.15) is 0 Å². The lowest BCUT2D eigenvalue weighted by molar-refractivity contribution is -0.909. The average Bonchev–Trinajstić information content (AvgIpc) is 2.70. The molecule has 0 aliphatic rings. The van der Waals surface area contributed by atoms with E-state index >= 15 is 0 Å². The van der Waals surface area contributed by atoms with Crippen molar-refractivity contribution in [3.63, 3.8) is 0 Å². The first-order valence-electron chi connectivity index (χ1n) is 9.49. The fourth-order valence-corrected chi connectivity index (χ4v) is 3.23. The van der Waals surface area contributed by atoms with Crippen LogP contribution in [0.25, 0.3) is 0 Å². The van der Waals surface area contributed by atoms with E-state index < -0.39 is 0 Å². The Bertz CT molecular complexity index is 1020. The first kappa shape index (κ1) is 20.8. The van der Waals surface area contributed by atoms with E-state index in [0.717, 1.165) is 21.7 Å². The molecule has 1 aromatic carbocycles. The van der Waals surface area contributed by atoms with Gasteiger partial charge in [-0.2, -0.15) is 0 Å². The molecule has 152 valence electrons. The summed E-state index contributed by atoms with van der Waals surface area (Å²) >= 11 is 6.00. The molecule has 7 nitrogen and oxygen atoms in total. The van der Waals surface area contributed by atoms with Crippen molar-refractivity contribution in [3.05, 3.63) is 87.2 Å². The lowest BCUT2D eigenvalue weighted by Crippen LogP contribution is -2.36. The Labute approximate surface area is 174 Å². The van der Waals surface area contributed by atoms with Crippen molar-refractivity contribution in [1.29, 1.82) is 0 Å². The lowest BCUT2D eigenvalue weighted by Gasteiger charge is -2.13. The number of hydrogen-bond acceptors (Lipinski definition) is 5. The van der Waals surface area contributed by atoms with Gasteiger partial charge in [-0.05, 0) is 30.7 Å². The molecule has 0 atom stereocenters. The Morgan fingerprint density at radius 2 is 2.07 bits per heavy atom. The van der Waals surface area contributed by atoms with Crippen molar-refractivity contribution in [2.45, 2.75) is 26.4 Å². The van der Waals surface area contributed by atoms with Gasteiger partial charge < -0.3 is 15.2 Å². The van der Waals surface area contributed by atoms with Gasteiger partial charge in [-0.25, -0.2) is 4.98 Å². The van der Waals surface area contributed by atoms with Crippen molar-refractivity contribution in [1.82, 2.24) is 14.9 Å². The van der Waals surface area contributed by atoms with Crippen LogP contribution in [0, 0.1) is 6.92 Å². The molecule has 2 aromatic heterocycles. The second-order valence-corrected chi connectivity index (χ2v) is 7.16. The van der Waals surface area contributed by atoms with Gasteiger partial charge in [-0.3, -0.25) is 10.0 Å². The van der Waals surface area contributed by atoms with E-state index in [2.05, 4.69) is 15.6 Å². The van der Waals surface area contributed by atoms with Crippen molar-refractivity contribution in [3.8, 4) is 0 Å². The predicted molar refractivity (Wildman–Crippen MR) is 112 cm³/mol. The van der Waals surface area contributed by atoms with Crippen LogP contribution >= 0.6 is 11.6 Å². The first-order chi connectivity index (χ1) is 14.0. The van der Waals surface area contributed by atoms with Crippen LogP contribution in [0.5, 0.6) is 0 Å². The Morgan fingerprint density at radius 1 is 1.21 bits per heavy atom. The van der Waals surface area contributed by atoms with E-state index in [4.69, 9.17) is 11.6 Å². The molecule has 0 spiro atoms. The molecule has 3 aromatic rings. The highest BCUT2D eigenvalue weighted by molar-refractivity contribution is 6.30. The molecule has 3 rings (SSSR count). The SMILES string of the molecule is Cc1cnc(NCCc2cccc[n+]2O)c(=O)n1CCNCc1cccc(Cl)c1. The van der Waals surface area contributed by atoms with Crippen molar-refractivity contribution in [2.24, 2.45) is 0 Å². The van der Waals surface area contributed by atoms with Crippen LogP contribution in [-0.4, -0.2) is 27.8 Å². The molecule has 29 heavy (non-hydrogen) atoms. The number of aromatic nitrogens is 3. The number of nitrogens with one attached hydrogen (secondary N) is 2. The molecule has 0 aliphatic heterocycles. The van der Waals surface area contributed by atoms with E-state index in [1.165, 1.54) is 0 Å². The molecule has 8 heteroatoms. The fourth-order valence-electron chi connectivity index (χ4n) is 3.02. The fraction of sp³-hybridized carbons (Fsp3) is 0.286. The van der Waals surface area contributed by atoms with Crippen molar-refractivity contribution in [2.75, 3.05) is 18.4 Å². The number of benzene rings is 1.